The normalized spacial score (nSPS) is 20.4. The number of carboxylic acid groups (broad SMARTS) is 1. The van der Waals surface area contributed by atoms with Gasteiger partial charge < -0.3 is 10.2 Å². The van der Waals surface area contributed by atoms with Crippen LogP contribution in [-0.4, -0.2) is 33.7 Å². The van der Waals surface area contributed by atoms with Crippen molar-refractivity contribution < 1.29 is 15.0 Å². The van der Waals surface area contributed by atoms with Gasteiger partial charge in [0.05, 0.1) is 0 Å². The highest BCUT2D eigenvalue weighted by molar-refractivity contribution is 5.73. The van der Waals surface area contributed by atoms with Crippen molar-refractivity contribution in [1.29, 1.82) is 0 Å². The van der Waals surface area contributed by atoms with E-state index < -0.39 is 5.97 Å². The summed E-state index contributed by atoms with van der Waals surface area (Å²) < 4.78 is 0. The largest absolute Gasteiger partial charge is 0.507 e. The molecule has 1 aromatic rings. The van der Waals surface area contributed by atoms with Crippen molar-refractivity contribution in [2.45, 2.75) is 45.7 Å². The fourth-order valence-electron chi connectivity index (χ4n) is 2.83. The van der Waals surface area contributed by atoms with Crippen LogP contribution in [0, 0.1) is 13.8 Å². The Hall–Kier alpha value is -1.55. The van der Waals surface area contributed by atoms with Crippen LogP contribution in [0.2, 0.25) is 0 Å². The lowest BCUT2D eigenvalue weighted by Crippen LogP contribution is -2.44. The maximum absolute atomic E-state index is 11.3. The average Bonchev–Trinajstić information content (AvgIpc) is 2.36. The van der Waals surface area contributed by atoms with Gasteiger partial charge in [-0.05, 0) is 49.9 Å². The monoisotopic (exact) mass is 263 g/mol. The molecule has 4 heteroatoms. The lowest BCUT2D eigenvalue weighted by molar-refractivity contribution is -0.144. The minimum atomic E-state index is -0.730. The fraction of sp³-hybridized carbons (Fsp3) is 0.533. The molecule has 0 aromatic heterocycles. The SMILES string of the molecule is Cc1cc(CN2CCCCC2C(=O)O)cc(C)c1O. The summed E-state index contributed by atoms with van der Waals surface area (Å²) in [6.45, 7) is 5.21. The number of phenolic OH excluding ortho intramolecular Hbond substituents is 1. The molecule has 0 saturated carbocycles. The van der Waals surface area contributed by atoms with Crippen molar-refractivity contribution >= 4 is 5.97 Å². The molecular formula is C15H21NO3. The summed E-state index contributed by atoms with van der Waals surface area (Å²) in [5.74, 6) is -0.399. The number of aryl methyl sites for hydroxylation is 2. The molecule has 1 heterocycles. The van der Waals surface area contributed by atoms with Crippen LogP contribution >= 0.6 is 0 Å². The van der Waals surface area contributed by atoms with Crippen molar-refractivity contribution in [2.24, 2.45) is 0 Å². The van der Waals surface area contributed by atoms with Crippen molar-refractivity contribution in [3.05, 3.63) is 28.8 Å². The molecule has 1 aliphatic rings. The third kappa shape index (κ3) is 3.07. The van der Waals surface area contributed by atoms with Gasteiger partial charge in [0.2, 0.25) is 0 Å². The number of hydrogen-bond acceptors (Lipinski definition) is 3. The molecule has 2 rings (SSSR count). The summed E-state index contributed by atoms with van der Waals surface area (Å²) in [5, 5.41) is 19.0. The molecule has 0 aliphatic carbocycles. The summed E-state index contributed by atoms with van der Waals surface area (Å²) >= 11 is 0. The predicted octanol–water partition coefficient (Wildman–Crippen LogP) is 2.45. The first-order chi connectivity index (χ1) is 8.99. The number of carboxylic acids is 1. The van der Waals surface area contributed by atoms with Crippen LogP contribution in [0.25, 0.3) is 0 Å². The Balaban J connectivity index is 2.17. The number of rotatable bonds is 3. The maximum atomic E-state index is 11.3. The van der Waals surface area contributed by atoms with Gasteiger partial charge in [0, 0.05) is 6.54 Å². The molecule has 1 saturated heterocycles. The molecule has 2 N–H and O–H groups in total. The van der Waals surface area contributed by atoms with Crippen molar-refractivity contribution in [2.75, 3.05) is 6.54 Å². The summed E-state index contributed by atoms with van der Waals surface area (Å²) in [4.78, 5) is 13.3. The average molecular weight is 263 g/mol. The highest BCUT2D eigenvalue weighted by atomic mass is 16.4. The molecule has 0 amide bonds. The molecule has 0 radical (unpaired) electrons. The van der Waals surface area contributed by atoms with Gasteiger partial charge >= 0.3 is 5.97 Å². The van der Waals surface area contributed by atoms with Gasteiger partial charge in [-0.1, -0.05) is 18.6 Å². The van der Waals surface area contributed by atoms with Crippen LogP contribution < -0.4 is 0 Å². The molecule has 1 fully saturated rings. The summed E-state index contributed by atoms with van der Waals surface area (Å²) in [7, 11) is 0. The summed E-state index contributed by atoms with van der Waals surface area (Å²) in [6.07, 6.45) is 2.77. The van der Waals surface area contributed by atoms with Gasteiger partial charge in [-0.2, -0.15) is 0 Å². The van der Waals surface area contributed by atoms with Gasteiger partial charge in [-0.25, -0.2) is 0 Å². The van der Waals surface area contributed by atoms with Gasteiger partial charge in [0.25, 0.3) is 0 Å². The number of nitrogens with zero attached hydrogens (tertiary/aromatic N) is 1. The number of likely N-dealkylation sites (tertiary alicyclic amines) is 1. The molecule has 1 aliphatic heterocycles. The number of aliphatic carboxylic acids is 1. The van der Waals surface area contributed by atoms with Crippen LogP contribution in [0.5, 0.6) is 5.75 Å². The quantitative estimate of drug-likeness (QED) is 0.879. The predicted molar refractivity (Wildman–Crippen MR) is 73.3 cm³/mol. The van der Waals surface area contributed by atoms with Crippen LogP contribution in [-0.2, 0) is 11.3 Å². The van der Waals surface area contributed by atoms with Crippen LogP contribution in [0.1, 0.15) is 36.0 Å². The smallest absolute Gasteiger partial charge is 0.320 e. The first-order valence-electron chi connectivity index (χ1n) is 6.75. The van der Waals surface area contributed by atoms with E-state index in [1.54, 1.807) is 0 Å². The summed E-state index contributed by atoms with van der Waals surface area (Å²) in [5.41, 5.74) is 2.76. The molecule has 4 nitrogen and oxygen atoms in total. The van der Waals surface area contributed by atoms with Crippen LogP contribution in [0.15, 0.2) is 12.1 Å². The first-order valence-corrected chi connectivity index (χ1v) is 6.75. The van der Waals surface area contributed by atoms with Gasteiger partial charge in [0.15, 0.2) is 0 Å². The number of benzene rings is 1. The molecule has 104 valence electrons. The van der Waals surface area contributed by atoms with E-state index in [2.05, 4.69) is 0 Å². The van der Waals surface area contributed by atoms with Gasteiger partial charge in [-0.15, -0.1) is 0 Å². The minimum Gasteiger partial charge on any atom is -0.507 e. The second kappa shape index (κ2) is 5.61. The Labute approximate surface area is 113 Å². The van der Waals surface area contributed by atoms with Crippen molar-refractivity contribution in [3.8, 4) is 5.75 Å². The van der Waals surface area contributed by atoms with E-state index >= 15 is 0 Å². The van der Waals surface area contributed by atoms with E-state index in [0.29, 0.717) is 12.3 Å². The van der Waals surface area contributed by atoms with Gasteiger partial charge in [-0.3, -0.25) is 9.69 Å². The Morgan fingerprint density at radius 2 is 1.95 bits per heavy atom. The lowest BCUT2D eigenvalue weighted by atomic mass is 10.00. The Kier molecular flexibility index (Phi) is 4.10. The molecule has 0 spiro atoms. The number of aromatic hydroxyl groups is 1. The lowest BCUT2D eigenvalue weighted by Gasteiger charge is -2.33. The Morgan fingerprint density at radius 3 is 2.53 bits per heavy atom. The Bertz CT molecular complexity index is 461. The van der Waals surface area contributed by atoms with Crippen LogP contribution in [0.3, 0.4) is 0 Å². The van der Waals surface area contributed by atoms with Crippen molar-refractivity contribution in [1.82, 2.24) is 4.90 Å². The highest BCUT2D eigenvalue weighted by Gasteiger charge is 2.28. The molecule has 1 unspecified atom stereocenters. The summed E-state index contributed by atoms with van der Waals surface area (Å²) in [6, 6.07) is 3.51. The minimum absolute atomic E-state index is 0.331. The number of piperidine rings is 1. The first kappa shape index (κ1) is 13.9. The standard InChI is InChI=1S/C15H21NO3/c1-10-7-12(8-11(2)14(10)17)9-16-6-4-3-5-13(16)15(18)19/h7-8,13,17H,3-6,9H2,1-2H3,(H,18,19). The fourth-order valence-corrected chi connectivity index (χ4v) is 2.83. The third-order valence-electron chi connectivity index (χ3n) is 3.84. The van der Waals surface area contributed by atoms with E-state index in [4.69, 9.17) is 0 Å². The zero-order chi connectivity index (χ0) is 14.0. The molecule has 0 bridgehead atoms. The topological polar surface area (TPSA) is 60.8 Å². The van der Waals surface area contributed by atoms with Crippen molar-refractivity contribution in [3.63, 3.8) is 0 Å². The number of phenols is 1. The molecule has 1 atom stereocenters. The number of hydrogen-bond donors (Lipinski definition) is 2. The number of carbonyl (C=O) groups is 1. The van der Waals surface area contributed by atoms with E-state index in [-0.39, 0.29) is 6.04 Å². The zero-order valence-electron chi connectivity index (χ0n) is 11.5. The highest BCUT2D eigenvalue weighted by Crippen LogP contribution is 2.25. The third-order valence-corrected chi connectivity index (χ3v) is 3.84. The second-order valence-corrected chi connectivity index (χ2v) is 5.40. The molecule has 19 heavy (non-hydrogen) atoms. The zero-order valence-corrected chi connectivity index (χ0v) is 11.5. The molecule has 1 aromatic carbocycles. The molecular weight excluding hydrogens is 242 g/mol. The Morgan fingerprint density at radius 1 is 1.32 bits per heavy atom. The van der Waals surface area contributed by atoms with E-state index in [1.165, 1.54) is 0 Å². The second-order valence-electron chi connectivity index (χ2n) is 5.40. The van der Waals surface area contributed by atoms with Crippen LogP contribution in [0.4, 0.5) is 0 Å². The van der Waals surface area contributed by atoms with E-state index in [0.717, 1.165) is 42.5 Å². The van der Waals surface area contributed by atoms with E-state index in [9.17, 15) is 15.0 Å². The maximum Gasteiger partial charge on any atom is 0.320 e. The van der Waals surface area contributed by atoms with E-state index in [1.807, 2.05) is 30.9 Å². The van der Waals surface area contributed by atoms with Gasteiger partial charge in [0.1, 0.15) is 11.8 Å².